The van der Waals surface area contributed by atoms with Crippen molar-refractivity contribution in [3.05, 3.63) is 34.9 Å². The van der Waals surface area contributed by atoms with Gasteiger partial charge in [-0.1, -0.05) is 41.6 Å². The molecule has 0 spiro atoms. The van der Waals surface area contributed by atoms with Crippen LogP contribution in [0.1, 0.15) is 17.2 Å². The lowest BCUT2D eigenvalue weighted by molar-refractivity contribution is -0.128. The highest BCUT2D eigenvalue weighted by molar-refractivity contribution is 8.00. The minimum absolute atomic E-state index is 0.128. The number of rotatable bonds is 4. The largest absolute Gasteiger partial charge is 0.341 e. The van der Waals surface area contributed by atoms with Crippen LogP contribution in [0.4, 0.5) is 0 Å². The smallest absolute Gasteiger partial charge is 0.233 e. The first-order chi connectivity index (χ1) is 11.6. The molecule has 6 nitrogen and oxygen atoms in total. The van der Waals surface area contributed by atoms with Crippen LogP contribution in [-0.4, -0.2) is 55.6 Å². The van der Waals surface area contributed by atoms with E-state index in [0.717, 1.165) is 35.8 Å². The van der Waals surface area contributed by atoms with Crippen LogP contribution in [0.25, 0.3) is 0 Å². The number of tetrazole rings is 1. The molecule has 24 heavy (non-hydrogen) atoms. The van der Waals surface area contributed by atoms with Crippen molar-refractivity contribution in [2.75, 3.05) is 24.6 Å². The molecule has 0 unspecified atom stereocenters. The molecule has 1 aliphatic rings. The predicted octanol–water partition coefficient (Wildman–Crippen LogP) is 2.66. The van der Waals surface area contributed by atoms with Gasteiger partial charge in [-0.25, -0.2) is 4.68 Å². The van der Waals surface area contributed by atoms with E-state index in [2.05, 4.69) is 21.6 Å². The maximum Gasteiger partial charge on any atom is 0.233 e. The Labute approximate surface area is 154 Å². The average Bonchev–Trinajstić information content (AvgIpc) is 2.84. The van der Waals surface area contributed by atoms with Gasteiger partial charge >= 0.3 is 0 Å². The molecule has 1 fully saturated rings. The van der Waals surface area contributed by atoms with E-state index >= 15 is 0 Å². The summed E-state index contributed by atoms with van der Waals surface area (Å²) in [6.07, 6.45) is 0.913. The van der Waals surface area contributed by atoms with E-state index in [1.165, 1.54) is 11.8 Å². The van der Waals surface area contributed by atoms with Crippen molar-refractivity contribution < 1.29 is 4.79 Å². The van der Waals surface area contributed by atoms with Gasteiger partial charge in [-0.05, 0) is 28.5 Å². The van der Waals surface area contributed by atoms with Gasteiger partial charge in [-0.15, -0.1) is 5.10 Å². The number of halogens is 1. The standard InChI is InChI=1S/C15H18ClN5OS2/c1-20-15(17-18-19-20)24-10-14(22)21-7-6-13(23-9-8-21)11-4-2-3-5-12(11)16/h2-5,13H,6-10H2,1H3/t13-/m1/s1. The van der Waals surface area contributed by atoms with E-state index in [9.17, 15) is 4.79 Å². The molecule has 0 bridgehead atoms. The zero-order valence-electron chi connectivity index (χ0n) is 13.3. The van der Waals surface area contributed by atoms with Crippen LogP contribution >= 0.6 is 35.1 Å². The van der Waals surface area contributed by atoms with Gasteiger partial charge < -0.3 is 4.90 Å². The molecular formula is C15H18ClN5OS2. The van der Waals surface area contributed by atoms with Crippen LogP contribution in [0.5, 0.6) is 0 Å². The second kappa shape index (κ2) is 8.22. The summed E-state index contributed by atoms with van der Waals surface area (Å²) < 4.78 is 1.57. The van der Waals surface area contributed by atoms with Crippen LogP contribution in [0, 0.1) is 0 Å². The van der Waals surface area contributed by atoms with Gasteiger partial charge in [0.2, 0.25) is 11.1 Å². The average molecular weight is 384 g/mol. The van der Waals surface area contributed by atoms with Crippen LogP contribution in [0.15, 0.2) is 29.4 Å². The Morgan fingerprint density at radius 2 is 2.25 bits per heavy atom. The highest BCUT2D eigenvalue weighted by atomic mass is 35.5. The number of nitrogens with zero attached hydrogens (tertiary/aromatic N) is 5. The van der Waals surface area contributed by atoms with Crippen molar-refractivity contribution in [1.82, 2.24) is 25.1 Å². The fraction of sp³-hybridized carbons (Fsp3) is 0.467. The molecule has 9 heteroatoms. The lowest BCUT2D eigenvalue weighted by atomic mass is 10.1. The Morgan fingerprint density at radius 3 is 3.00 bits per heavy atom. The summed E-state index contributed by atoms with van der Waals surface area (Å²) in [7, 11) is 1.77. The Kier molecular flexibility index (Phi) is 6.02. The Bertz CT molecular complexity index is 711. The van der Waals surface area contributed by atoms with Crippen molar-refractivity contribution in [3.8, 4) is 0 Å². The number of hydrogen-bond donors (Lipinski definition) is 0. The molecule has 128 valence electrons. The van der Waals surface area contributed by atoms with Crippen molar-refractivity contribution in [1.29, 1.82) is 0 Å². The molecule has 1 amide bonds. The molecule has 1 aliphatic heterocycles. The normalized spacial score (nSPS) is 18.4. The summed E-state index contributed by atoms with van der Waals surface area (Å²) in [6, 6.07) is 7.97. The third kappa shape index (κ3) is 4.23. The van der Waals surface area contributed by atoms with E-state index in [0.29, 0.717) is 16.2 Å². The van der Waals surface area contributed by atoms with Crippen LogP contribution in [0.3, 0.4) is 0 Å². The van der Waals surface area contributed by atoms with Crippen LogP contribution < -0.4 is 0 Å². The number of aryl methyl sites for hydroxylation is 1. The molecule has 1 atom stereocenters. The summed E-state index contributed by atoms with van der Waals surface area (Å²) in [5.41, 5.74) is 1.16. The minimum Gasteiger partial charge on any atom is -0.341 e. The minimum atomic E-state index is 0.128. The first-order valence-corrected chi connectivity index (χ1v) is 10.1. The molecule has 1 aromatic carbocycles. The van der Waals surface area contributed by atoms with Gasteiger partial charge in [0.05, 0.1) is 5.75 Å². The number of benzene rings is 1. The van der Waals surface area contributed by atoms with Gasteiger partial charge in [-0.2, -0.15) is 11.8 Å². The molecule has 1 aromatic heterocycles. The van der Waals surface area contributed by atoms with E-state index < -0.39 is 0 Å². The third-order valence-electron chi connectivity index (χ3n) is 3.85. The fourth-order valence-corrected chi connectivity index (χ4v) is 4.92. The molecular weight excluding hydrogens is 366 g/mol. The maximum atomic E-state index is 12.5. The SMILES string of the molecule is Cn1nnnc1SCC(=O)N1CCS[C@@H](c2ccccc2Cl)CC1. The third-order valence-corrected chi connectivity index (χ3v) is 6.50. The lowest BCUT2D eigenvalue weighted by Crippen LogP contribution is -2.34. The zero-order chi connectivity index (χ0) is 16.9. The Morgan fingerprint density at radius 1 is 1.42 bits per heavy atom. The monoisotopic (exact) mass is 383 g/mol. The van der Waals surface area contributed by atoms with Crippen LogP contribution in [-0.2, 0) is 11.8 Å². The van der Waals surface area contributed by atoms with Crippen molar-refractivity contribution >= 4 is 41.0 Å². The molecule has 2 aromatic rings. The predicted molar refractivity (Wildman–Crippen MR) is 97.4 cm³/mol. The number of hydrogen-bond acceptors (Lipinski definition) is 6. The molecule has 2 heterocycles. The summed E-state index contributed by atoms with van der Waals surface area (Å²) in [4.78, 5) is 14.4. The van der Waals surface area contributed by atoms with Gasteiger partial charge in [0.1, 0.15) is 0 Å². The highest BCUT2D eigenvalue weighted by Gasteiger charge is 2.23. The van der Waals surface area contributed by atoms with Gasteiger partial charge in [0, 0.05) is 36.2 Å². The summed E-state index contributed by atoms with van der Waals surface area (Å²) in [6.45, 7) is 1.52. The number of carbonyl (C=O) groups is 1. The Balaban J connectivity index is 1.56. The van der Waals surface area contributed by atoms with Gasteiger partial charge in [0.25, 0.3) is 0 Å². The maximum absolute atomic E-state index is 12.5. The molecule has 0 saturated carbocycles. The molecule has 0 aliphatic carbocycles. The fourth-order valence-electron chi connectivity index (χ4n) is 2.57. The molecule has 0 N–H and O–H groups in total. The van der Waals surface area contributed by atoms with Crippen molar-refractivity contribution in [2.24, 2.45) is 7.05 Å². The topological polar surface area (TPSA) is 63.9 Å². The van der Waals surface area contributed by atoms with Crippen molar-refractivity contribution in [2.45, 2.75) is 16.8 Å². The number of thioether (sulfide) groups is 2. The number of amides is 1. The second-order valence-corrected chi connectivity index (χ2v) is 8.08. The lowest BCUT2D eigenvalue weighted by Gasteiger charge is -2.20. The van der Waals surface area contributed by atoms with Crippen molar-refractivity contribution in [3.63, 3.8) is 0 Å². The first-order valence-electron chi connectivity index (χ1n) is 7.64. The summed E-state index contributed by atoms with van der Waals surface area (Å²) >= 11 is 9.55. The quantitative estimate of drug-likeness (QED) is 0.756. The van der Waals surface area contributed by atoms with E-state index in [1.54, 1.807) is 11.7 Å². The number of aromatic nitrogens is 4. The van der Waals surface area contributed by atoms with Gasteiger partial charge in [0.15, 0.2) is 0 Å². The van der Waals surface area contributed by atoms with E-state index in [-0.39, 0.29) is 5.91 Å². The van der Waals surface area contributed by atoms with E-state index in [1.807, 2.05) is 34.9 Å². The summed E-state index contributed by atoms with van der Waals surface area (Å²) in [5, 5.41) is 13.0. The summed E-state index contributed by atoms with van der Waals surface area (Å²) in [5.74, 6) is 1.40. The molecule has 0 radical (unpaired) electrons. The highest BCUT2D eigenvalue weighted by Crippen LogP contribution is 2.37. The number of carbonyl (C=O) groups excluding carboxylic acids is 1. The van der Waals surface area contributed by atoms with E-state index in [4.69, 9.17) is 11.6 Å². The molecule has 1 saturated heterocycles. The second-order valence-electron chi connectivity index (χ2n) is 5.42. The van der Waals surface area contributed by atoms with Crippen LogP contribution in [0.2, 0.25) is 5.02 Å². The Hall–Kier alpha value is -1.25. The zero-order valence-corrected chi connectivity index (χ0v) is 15.6. The van der Waals surface area contributed by atoms with Gasteiger partial charge in [-0.3, -0.25) is 4.79 Å². The molecule has 3 rings (SSSR count). The first kappa shape index (κ1) is 17.6.